The fraction of sp³-hybridized carbons (Fsp3) is 0.533. The van der Waals surface area contributed by atoms with Gasteiger partial charge < -0.3 is 10.6 Å². The number of carbonyl (C=O) groups is 1. The number of rotatable bonds is 5. The Bertz CT molecular complexity index is 683. The first-order valence-corrected chi connectivity index (χ1v) is 9.75. The van der Waals surface area contributed by atoms with Gasteiger partial charge in [0.15, 0.2) is 9.84 Å². The van der Waals surface area contributed by atoms with Crippen LogP contribution in [0, 0.1) is 0 Å². The predicted molar refractivity (Wildman–Crippen MR) is 99.0 cm³/mol. The predicted octanol–water partition coefficient (Wildman–Crippen LogP) is 1.79. The first-order chi connectivity index (χ1) is 10.8. The van der Waals surface area contributed by atoms with Crippen molar-refractivity contribution in [2.24, 2.45) is 0 Å². The Morgan fingerprint density at radius 3 is 2.75 bits per heavy atom. The van der Waals surface area contributed by atoms with Crippen LogP contribution in [0.15, 0.2) is 23.1 Å². The van der Waals surface area contributed by atoms with Crippen LogP contribution in [0.25, 0.3) is 0 Å². The molecule has 0 aromatic heterocycles. The maximum Gasteiger partial charge on any atom is 0.238 e. The zero-order valence-corrected chi connectivity index (χ0v) is 16.1. The number of carbonyl (C=O) groups excluding carboxylic acids is 1. The Morgan fingerprint density at radius 2 is 2.12 bits per heavy atom. The van der Waals surface area contributed by atoms with Crippen LogP contribution in [0.5, 0.6) is 0 Å². The Kier molecular flexibility index (Phi) is 7.95. The van der Waals surface area contributed by atoms with Gasteiger partial charge in [0.05, 0.1) is 22.2 Å². The minimum Gasteiger partial charge on any atom is -0.324 e. The van der Waals surface area contributed by atoms with Crippen LogP contribution in [-0.2, 0) is 14.6 Å². The molecule has 1 heterocycles. The Hall–Kier alpha value is -0.860. The van der Waals surface area contributed by atoms with E-state index in [9.17, 15) is 13.2 Å². The van der Waals surface area contributed by atoms with Gasteiger partial charge in [-0.15, -0.1) is 12.4 Å². The number of benzene rings is 1. The van der Waals surface area contributed by atoms with Crippen LogP contribution in [0.1, 0.15) is 12.8 Å². The van der Waals surface area contributed by atoms with Crippen molar-refractivity contribution in [2.75, 3.05) is 38.3 Å². The first kappa shape index (κ1) is 21.2. The van der Waals surface area contributed by atoms with E-state index in [2.05, 4.69) is 15.5 Å². The average Bonchev–Trinajstić information content (AvgIpc) is 2.48. The van der Waals surface area contributed by atoms with Crippen LogP contribution in [0.2, 0.25) is 5.02 Å². The fourth-order valence-electron chi connectivity index (χ4n) is 2.66. The van der Waals surface area contributed by atoms with Gasteiger partial charge in [0.1, 0.15) is 0 Å². The molecule has 2 N–H and O–H groups in total. The van der Waals surface area contributed by atoms with Crippen LogP contribution in [-0.4, -0.2) is 58.2 Å². The lowest BCUT2D eigenvalue weighted by atomic mass is 10.1. The first-order valence-electron chi connectivity index (χ1n) is 7.48. The normalized spacial score (nSPS) is 18.7. The molecule has 136 valence electrons. The lowest BCUT2D eigenvalue weighted by molar-refractivity contribution is -0.117. The molecule has 1 saturated heterocycles. The topological polar surface area (TPSA) is 78.5 Å². The molecule has 1 aromatic rings. The molecule has 24 heavy (non-hydrogen) atoms. The second kappa shape index (κ2) is 9.01. The van der Waals surface area contributed by atoms with Crippen molar-refractivity contribution in [3.05, 3.63) is 23.2 Å². The molecule has 1 amide bonds. The van der Waals surface area contributed by atoms with Crippen LogP contribution < -0.4 is 10.6 Å². The van der Waals surface area contributed by atoms with E-state index < -0.39 is 9.84 Å². The lowest BCUT2D eigenvalue weighted by Crippen LogP contribution is -2.46. The molecular formula is C15H23Cl2N3O3S. The van der Waals surface area contributed by atoms with Crippen LogP contribution in [0.3, 0.4) is 0 Å². The maximum atomic E-state index is 12.2. The summed E-state index contributed by atoms with van der Waals surface area (Å²) in [7, 11) is -1.42. The van der Waals surface area contributed by atoms with E-state index in [4.69, 9.17) is 11.6 Å². The van der Waals surface area contributed by atoms with E-state index in [1.54, 1.807) is 0 Å². The summed E-state index contributed by atoms with van der Waals surface area (Å²) in [4.78, 5) is 14.4. The summed E-state index contributed by atoms with van der Waals surface area (Å²) in [6.45, 7) is 1.96. The molecule has 6 nitrogen and oxygen atoms in total. The largest absolute Gasteiger partial charge is 0.324 e. The van der Waals surface area contributed by atoms with E-state index in [1.807, 2.05) is 7.05 Å². The summed E-state index contributed by atoms with van der Waals surface area (Å²) in [5.41, 5.74) is 0.321. The number of anilines is 1. The molecule has 0 saturated carbocycles. The maximum absolute atomic E-state index is 12.2. The minimum atomic E-state index is -3.34. The van der Waals surface area contributed by atoms with Gasteiger partial charge in [-0.3, -0.25) is 9.69 Å². The summed E-state index contributed by atoms with van der Waals surface area (Å²) in [6.07, 6.45) is 3.27. The fourth-order valence-corrected chi connectivity index (χ4v) is 3.47. The number of likely N-dealkylation sites (N-methyl/N-ethyl adjacent to an activating group) is 1. The van der Waals surface area contributed by atoms with Gasteiger partial charge in [-0.25, -0.2) is 8.42 Å². The molecule has 1 aliphatic heterocycles. The van der Waals surface area contributed by atoms with Gasteiger partial charge in [-0.2, -0.15) is 0 Å². The summed E-state index contributed by atoms with van der Waals surface area (Å²) in [5.74, 6) is -0.200. The zero-order chi connectivity index (χ0) is 17.0. The highest BCUT2D eigenvalue weighted by atomic mass is 35.5. The average molecular weight is 396 g/mol. The lowest BCUT2D eigenvalue weighted by Gasteiger charge is -2.31. The Balaban J connectivity index is 0.00000288. The quantitative estimate of drug-likeness (QED) is 0.794. The van der Waals surface area contributed by atoms with Crippen molar-refractivity contribution in [1.29, 1.82) is 0 Å². The van der Waals surface area contributed by atoms with Crippen LogP contribution in [0.4, 0.5) is 5.69 Å². The molecule has 9 heteroatoms. The van der Waals surface area contributed by atoms with Crippen molar-refractivity contribution in [1.82, 2.24) is 10.2 Å². The number of nitrogens with zero attached hydrogens (tertiary/aromatic N) is 1. The van der Waals surface area contributed by atoms with Crippen molar-refractivity contribution in [3.8, 4) is 0 Å². The highest BCUT2D eigenvalue weighted by molar-refractivity contribution is 7.90. The second-order valence-corrected chi connectivity index (χ2v) is 8.25. The smallest absolute Gasteiger partial charge is 0.238 e. The van der Waals surface area contributed by atoms with E-state index in [0.29, 0.717) is 16.8 Å². The van der Waals surface area contributed by atoms with Crippen molar-refractivity contribution in [3.63, 3.8) is 0 Å². The number of likely N-dealkylation sites (tertiary alicyclic amines) is 1. The number of halogens is 2. The van der Waals surface area contributed by atoms with Gasteiger partial charge in [-0.1, -0.05) is 11.6 Å². The molecule has 1 atom stereocenters. The third kappa shape index (κ3) is 5.89. The molecule has 0 bridgehead atoms. The third-order valence-electron chi connectivity index (χ3n) is 3.92. The molecule has 0 aliphatic carbocycles. The highest BCUT2D eigenvalue weighted by Crippen LogP contribution is 2.25. The summed E-state index contributed by atoms with van der Waals surface area (Å²) < 4.78 is 23.2. The molecule has 0 radical (unpaired) electrons. The van der Waals surface area contributed by atoms with Crippen LogP contribution >= 0.6 is 24.0 Å². The van der Waals surface area contributed by atoms with E-state index in [-0.39, 0.29) is 29.8 Å². The van der Waals surface area contributed by atoms with Gasteiger partial charge in [0.25, 0.3) is 0 Å². The molecule has 1 unspecified atom stereocenters. The van der Waals surface area contributed by atoms with Gasteiger partial charge in [-0.05, 0) is 44.6 Å². The monoisotopic (exact) mass is 395 g/mol. The number of piperidine rings is 1. The molecule has 0 spiro atoms. The van der Waals surface area contributed by atoms with E-state index in [1.165, 1.54) is 18.2 Å². The van der Waals surface area contributed by atoms with E-state index >= 15 is 0 Å². The Morgan fingerprint density at radius 1 is 1.42 bits per heavy atom. The molecule has 2 rings (SSSR count). The summed E-state index contributed by atoms with van der Waals surface area (Å²) in [6, 6.07) is 4.69. The van der Waals surface area contributed by atoms with Crippen molar-refractivity contribution >= 4 is 45.4 Å². The standard InChI is InChI=1S/C15H22ClN3O3S.ClH/c1-17-11-4-3-7-19(9-11)10-15(20)18-14-8-12(23(2,21)22)5-6-13(14)16;/h5-6,8,11,17H,3-4,7,9-10H2,1-2H3,(H,18,20);1H. The van der Waals surface area contributed by atoms with Gasteiger partial charge in [0.2, 0.25) is 5.91 Å². The zero-order valence-electron chi connectivity index (χ0n) is 13.7. The van der Waals surface area contributed by atoms with Gasteiger partial charge >= 0.3 is 0 Å². The molecule has 1 fully saturated rings. The number of amides is 1. The van der Waals surface area contributed by atoms with Crippen molar-refractivity contribution in [2.45, 2.75) is 23.8 Å². The van der Waals surface area contributed by atoms with Gasteiger partial charge in [0, 0.05) is 18.8 Å². The van der Waals surface area contributed by atoms with Crippen molar-refractivity contribution < 1.29 is 13.2 Å². The number of hydrogen-bond donors (Lipinski definition) is 2. The molecule has 1 aliphatic rings. The third-order valence-corrected chi connectivity index (χ3v) is 5.36. The minimum absolute atomic E-state index is 0. The summed E-state index contributed by atoms with van der Waals surface area (Å²) in [5, 5.41) is 6.25. The molecular weight excluding hydrogens is 373 g/mol. The summed E-state index contributed by atoms with van der Waals surface area (Å²) >= 11 is 6.05. The number of sulfone groups is 1. The Labute approximate surface area is 154 Å². The van der Waals surface area contributed by atoms with E-state index in [0.717, 1.165) is 32.2 Å². The number of hydrogen-bond acceptors (Lipinski definition) is 5. The highest BCUT2D eigenvalue weighted by Gasteiger charge is 2.21. The second-order valence-electron chi connectivity index (χ2n) is 5.82. The number of nitrogens with one attached hydrogen (secondary N) is 2. The SMILES string of the molecule is CNC1CCCN(CC(=O)Nc2cc(S(C)(=O)=O)ccc2Cl)C1.Cl. The molecule has 1 aromatic carbocycles.